The van der Waals surface area contributed by atoms with E-state index in [-0.39, 0.29) is 0 Å². The van der Waals surface area contributed by atoms with Gasteiger partial charge in [0.05, 0.1) is 0 Å². The Labute approximate surface area is 104 Å². The number of nitrogens with one attached hydrogen (secondary N) is 1. The van der Waals surface area contributed by atoms with Gasteiger partial charge >= 0.3 is 0 Å². The Bertz CT molecular complexity index is 251. The van der Waals surface area contributed by atoms with Crippen molar-refractivity contribution in [2.24, 2.45) is 0 Å². The van der Waals surface area contributed by atoms with Gasteiger partial charge in [0.25, 0.3) is 0 Å². The summed E-state index contributed by atoms with van der Waals surface area (Å²) in [6.07, 6.45) is 5.52. The number of hydrogen-bond acceptors (Lipinski definition) is 3. The van der Waals surface area contributed by atoms with E-state index in [1.54, 1.807) is 0 Å². The van der Waals surface area contributed by atoms with Gasteiger partial charge in [-0.15, -0.1) is 0 Å². The normalized spacial score (nSPS) is 25.7. The van der Waals surface area contributed by atoms with Gasteiger partial charge in [-0.25, -0.2) is 0 Å². The molecule has 2 aliphatic rings. The van der Waals surface area contributed by atoms with Crippen LogP contribution in [0.25, 0.3) is 0 Å². The fourth-order valence-corrected chi connectivity index (χ4v) is 2.95. The highest BCUT2D eigenvalue weighted by atomic mass is 16.2. The van der Waals surface area contributed by atoms with Crippen molar-refractivity contribution in [1.29, 1.82) is 0 Å². The predicted octanol–water partition coefficient (Wildman–Crippen LogP) is 0.683. The molecule has 0 aliphatic carbocycles. The molecule has 1 amide bonds. The third-order valence-electron chi connectivity index (χ3n) is 3.99. The second kappa shape index (κ2) is 6.36. The van der Waals surface area contributed by atoms with Gasteiger partial charge < -0.3 is 10.2 Å². The zero-order valence-electron chi connectivity index (χ0n) is 11.0. The fourth-order valence-electron chi connectivity index (χ4n) is 2.95. The second-order valence-electron chi connectivity index (χ2n) is 5.23. The minimum Gasteiger partial charge on any atom is -0.341 e. The average molecular weight is 239 g/mol. The maximum absolute atomic E-state index is 12.0. The van der Waals surface area contributed by atoms with Crippen LogP contribution in [0.2, 0.25) is 0 Å². The summed E-state index contributed by atoms with van der Waals surface area (Å²) in [7, 11) is 1.93. The van der Waals surface area contributed by atoms with Crippen LogP contribution < -0.4 is 5.32 Å². The molecule has 2 heterocycles. The fraction of sp³-hybridized carbons (Fsp3) is 0.923. The van der Waals surface area contributed by atoms with Crippen molar-refractivity contribution in [3.63, 3.8) is 0 Å². The van der Waals surface area contributed by atoms with Crippen LogP contribution >= 0.6 is 0 Å². The number of hydrogen-bond donors (Lipinski definition) is 1. The Balaban J connectivity index is 1.71. The summed E-state index contributed by atoms with van der Waals surface area (Å²) in [6.45, 7) is 5.37. The van der Waals surface area contributed by atoms with Crippen LogP contribution in [0.5, 0.6) is 0 Å². The van der Waals surface area contributed by atoms with Crippen LogP contribution in [-0.4, -0.2) is 61.5 Å². The van der Waals surface area contributed by atoms with E-state index in [2.05, 4.69) is 15.1 Å². The summed E-state index contributed by atoms with van der Waals surface area (Å²) in [6, 6.07) is 0.644. The molecule has 2 fully saturated rings. The second-order valence-corrected chi connectivity index (χ2v) is 5.23. The van der Waals surface area contributed by atoms with Crippen LogP contribution in [0.3, 0.4) is 0 Å². The lowest BCUT2D eigenvalue weighted by Crippen LogP contribution is -2.37. The van der Waals surface area contributed by atoms with E-state index < -0.39 is 0 Å². The van der Waals surface area contributed by atoms with Gasteiger partial charge in [0.1, 0.15) is 0 Å². The SMILES string of the molecule is CNCCCC(=O)N1CCC(N2CCCC2)C1. The summed E-state index contributed by atoms with van der Waals surface area (Å²) in [4.78, 5) is 16.6. The lowest BCUT2D eigenvalue weighted by Gasteiger charge is -2.23. The van der Waals surface area contributed by atoms with Crippen molar-refractivity contribution in [2.75, 3.05) is 39.8 Å². The maximum atomic E-state index is 12.0. The molecule has 0 bridgehead atoms. The van der Waals surface area contributed by atoms with Crippen LogP contribution in [0, 0.1) is 0 Å². The van der Waals surface area contributed by atoms with Gasteiger partial charge in [-0.2, -0.15) is 0 Å². The third kappa shape index (κ3) is 3.42. The molecule has 0 aromatic carbocycles. The topological polar surface area (TPSA) is 35.6 Å². The molecule has 2 rings (SSSR count). The standard InChI is InChI=1S/C13H25N3O/c1-14-7-4-5-13(17)16-10-6-12(11-16)15-8-2-3-9-15/h12,14H,2-11H2,1H3. The first-order valence-corrected chi connectivity index (χ1v) is 6.97. The van der Waals surface area contributed by atoms with Crippen molar-refractivity contribution >= 4 is 5.91 Å². The van der Waals surface area contributed by atoms with Crippen molar-refractivity contribution < 1.29 is 4.79 Å². The minimum absolute atomic E-state index is 0.349. The Morgan fingerprint density at radius 2 is 2.06 bits per heavy atom. The molecule has 98 valence electrons. The lowest BCUT2D eigenvalue weighted by atomic mass is 10.2. The monoisotopic (exact) mass is 239 g/mol. The highest BCUT2D eigenvalue weighted by Gasteiger charge is 2.30. The van der Waals surface area contributed by atoms with E-state index in [4.69, 9.17) is 0 Å². The Kier molecular flexibility index (Phi) is 4.80. The third-order valence-corrected chi connectivity index (χ3v) is 3.99. The Morgan fingerprint density at radius 1 is 1.29 bits per heavy atom. The van der Waals surface area contributed by atoms with Gasteiger partial charge in [0.15, 0.2) is 0 Å². The lowest BCUT2D eigenvalue weighted by molar-refractivity contribution is -0.130. The van der Waals surface area contributed by atoms with Crippen molar-refractivity contribution in [3.8, 4) is 0 Å². The van der Waals surface area contributed by atoms with Crippen molar-refractivity contribution in [1.82, 2.24) is 15.1 Å². The van der Waals surface area contributed by atoms with E-state index in [1.807, 2.05) is 7.05 Å². The predicted molar refractivity (Wildman–Crippen MR) is 69.0 cm³/mol. The smallest absolute Gasteiger partial charge is 0.222 e. The molecule has 4 heteroatoms. The van der Waals surface area contributed by atoms with E-state index in [0.29, 0.717) is 18.4 Å². The molecule has 4 nitrogen and oxygen atoms in total. The molecular weight excluding hydrogens is 214 g/mol. The summed E-state index contributed by atoms with van der Waals surface area (Å²) in [5.41, 5.74) is 0. The van der Waals surface area contributed by atoms with Gasteiger partial charge in [-0.05, 0) is 52.4 Å². The molecule has 0 saturated carbocycles. The van der Waals surface area contributed by atoms with E-state index in [0.717, 1.165) is 26.1 Å². The van der Waals surface area contributed by atoms with Gasteiger partial charge in [-0.3, -0.25) is 9.69 Å². The summed E-state index contributed by atoms with van der Waals surface area (Å²) >= 11 is 0. The molecule has 1 atom stereocenters. The number of likely N-dealkylation sites (tertiary alicyclic amines) is 2. The van der Waals surface area contributed by atoms with Crippen molar-refractivity contribution in [3.05, 3.63) is 0 Å². The van der Waals surface area contributed by atoms with E-state index in [9.17, 15) is 4.79 Å². The highest BCUT2D eigenvalue weighted by Crippen LogP contribution is 2.20. The zero-order valence-corrected chi connectivity index (χ0v) is 11.0. The molecule has 1 N–H and O–H groups in total. The maximum Gasteiger partial charge on any atom is 0.222 e. The highest BCUT2D eigenvalue weighted by molar-refractivity contribution is 5.76. The van der Waals surface area contributed by atoms with Crippen LogP contribution in [-0.2, 0) is 4.79 Å². The van der Waals surface area contributed by atoms with Gasteiger partial charge in [-0.1, -0.05) is 0 Å². The van der Waals surface area contributed by atoms with Crippen LogP contribution in [0.4, 0.5) is 0 Å². The summed E-state index contributed by atoms with van der Waals surface area (Å²) < 4.78 is 0. The number of carbonyl (C=O) groups excluding carboxylic acids is 1. The zero-order chi connectivity index (χ0) is 12.1. The molecular formula is C13H25N3O. The molecule has 2 aliphatic heterocycles. The molecule has 1 unspecified atom stereocenters. The molecule has 0 aromatic heterocycles. The van der Waals surface area contributed by atoms with Crippen LogP contribution in [0.15, 0.2) is 0 Å². The van der Waals surface area contributed by atoms with Gasteiger partial charge in [0.2, 0.25) is 5.91 Å². The number of amides is 1. The quantitative estimate of drug-likeness (QED) is 0.717. The molecule has 2 saturated heterocycles. The largest absolute Gasteiger partial charge is 0.341 e. The molecule has 0 radical (unpaired) electrons. The summed E-state index contributed by atoms with van der Waals surface area (Å²) in [5, 5.41) is 3.09. The van der Waals surface area contributed by atoms with Gasteiger partial charge in [0, 0.05) is 25.6 Å². The first-order chi connectivity index (χ1) is 8.31. The Hall–Kier alpha value is -0.610. The molecule has 17 heavy (non-hydrogen) atoms. The number of nitrogens with zero attached hydrogens (tertiary/aromatic N) is 2. The van der Waals surface area contributed by atoms with Crippen LogP contribution in [0.1, 0.15) is 32.1 Å². The van der Waals surface area contributed by atoms with Crippen molar-refractivity contribution in [2.45, 2.75) is 38.1 Å². The number of rotatable bonds is 5. The van der Waals surface area contributed by atoms with E-state index in [1.165, 1.54) is 32.4 Å². The first kappa shape index (κ1) is 12.8. The molecule has 0 aromatic rings. The van der Waals surface area contributed by atoms with E-state index >= 15 is 0 Å². The number of carbonyl (C=O) groups is 1. The Morgan fingerprint density at radius 3 is 2.76 bits per heavy atom. The average Bonchev–Trinajstić information content (AvgIpc) is 3.00. The minimum atomic E-state index is 0.349. The molecule has 0 spiro atoms. The first-order valence-electron chi connectivity index (χ1n) is 6.97. The summed E-state index contributed by atoms with van der Waals surface area (Å²) in [5.74, 6) is 0.349.